The first-order chi connectivity index (χ1) is 10.4. The largest absolute Gasteiger partial charge is 0.325 e. The molecule has 0 spiro atoms. The molecule has 0 bridgehead atoms. The van der Waals surface area contributed by atoms with E-state index < -0.39 is 0 Å². The molecule has 0 amide bonds. The van der Waals surface area contributed by atoms with Crippen LogP contribution in [0.15, 0.2) is 61.3 Å². The lowest BCUT2D eigenvalue weighted by atomic mass is 10.3. The fourth-order valence-electron chi connectivity index (χ4n) is 2.26. The number of fused-ring (bicyclic) bond motifs is 1. The summed E-state index contributed by atoms with van der Waals surface area (Å²) in [6.45, 7) is 0. The zero-order valence-corrected chi connectivity index (χ0v) is 11.1. The van der Waals surface area contributed by atoms with E-state index in [0.717, 1.165) is 28.2 Å². The number of aromatic amines is 1. The maximum absolute atomic E-state index is 4.41. The topological polar surface area (TPSA) is 71.4 Å². The van der Waals surface area contributed by atoms with Crippen molar-refractivity contribution >= 4 is 22.5 Å². The highest BCUT2D eigenvalue weighted by Gasteiger charge is 2.06. The molecule has 4 aromatic heterocycles. The third kappa shape index (κ3) is 2.12. The molecule has 0 atom stereocenters. The molecule has 0 saturated carbocycles. The van der Waals surface area contributed by atoms with Crippen LogP contribution < -0.4 is 5.32 Å². The van der Waals surface area contributed by atoms with Gasteiger partial charge in [-0.15, -0.1) is 0 Å². The third-order valence-corrected chi connectivity index (χ3v) is 3.26. The number of H-pyrrole nitrogens is 1. The van der Waals surface area contributed by atoms with Crippen LogP contribution in [0.1, 0.15) is 0 Å². The van der Waals surface area contributed by atoms with Crippen LogP contribution in [-0.4, -0.2) is 24.7 Å². The summed E-state index contributed by atoms with van der Waals surface area (Å²) in [5, 5.41) is 11.1. The predicted molar refractivity (Wildman–Crippen MR) is 80.7 cm³/mol. The Kier molecular flexibility index (Phi) is 2.64. The second-order valence-electron chi connectivity index (χ2n) is 4.61. The molecule has 2 N–H and O–H groups in total. The van der Waals surface area contributed by atoms with Gasteiger partial charge in [0.25, 0.3) is 0 Å². The van der Waals surface area contributed by atoms with E-state index in [1.54, 1.807) is 12.4 Å². The second kappa shape index (κ2) is 4.75. The molecule has 0 aliphatic heterocycles. The monoisotopic (exact) mass is 276 g/mol. The average molecular weight is 276 g/mol. The van der Waals surface area contributed by atoms with Crippen molar-refractivity contribution in [3.05, 3.63) is 61.3 Å². The molecule has 0 aliphatic rings. The number of hydrogen-bond donors (Lipinski definition) is 2. The van der Waals surface area contributed by atoms with E-state index in [0.29, 0.717) is 0 Å². The first kappa shape index (κ1) is 11.7. The molecule has 0 saturated heterocycles. The molecule has 0 fully saturated rings. The van der Waals surface area contributed by atoms with E-state index in [9.17, 15) is 0 Å². The van der Waals surface area contributed by atoms with Crippen molar-refractivity contribution in [2.75, 3.05) is 5.32 Å². The van der Waals surface area contributed by atoms with Crippen LogP contribution in [0.4, 0.5) is 11.6 Å². The van der Waals surface area contributed by atoms with Crippen LogP contribution in [0.5, 0.6) is 0 Å². The van der Waals surface area contributed by atoms with Crippen LogP contribution in [-0.2, 0) is 0 Å². The minimum Gasteiger partial charge on any atom is -0.325 e. The SMILES string of the molecule is c1ccc(Nc2cc3c(ccn3-c3cn[nH]c3)cn2)nc1. The summed E-state index contributed by atoms with van der Waals surface area (Å²) in [5.41, 5.74) is 2.05. The van der Waals surface area contributed by atoms with Crippen LogP contribution in [0.2, 0.25) is 0 Å². The Balaban J connectivity index is 1.77. The molecule has 0 radical (unpaired) electrons. The van der Waals surface area contributed by atoms with Gasteiger partial charge in [-0.3, -0.25) is 5.10 Å². The van der Waals surface area contributed by atoms with Crippen molar-refractivity contribution < 1.29 is 0 Å². The van der Waals surface area contributed by atoms with E-state index in [2.05, 4.69) is 30.0 Å². The average Bonchev–Trinajstić information content (AvgIpc) is 3.16. The van der Waals surface area contributed by atoms with Crippen molar-refractivity contribution in [3.8, 4) is 5.69 Å². The van der Waals surface area contributed by atoms with Gasteiger partial charge in [-0.25, -0.2) is 9.97 Å². The molecule has 6 heteroatoms. The molecule has 4 rings (SSSR count). The lowest BCUT2D eigenvalue weighted by Gasteiger charge is -2.06. The summed E-state index contributed by atoms with van der Waals surface area (Å²) in [6, 6.07) is 9.74. The quantitative estimate of drug-likeness (QED) is 0.603. The molecule has 0 aliphatic carbocycles. The minimum atomic E-state index is 0.754. The Morgan fingerprint density at radius 1 is 1.05 bits per heavy atom. The van der Waals surface area contributed by atoms with Crippen LogP contribution >= 0.6 is 0 Å². The van der Waals surface area contributed by atoms with Gasteiger partial charge in [-0.05, 0) is 18.2 Å². The number of hydrogen-bond acceptors (Lipinski definition) is 4. The van der Waals surface area contributed by atoms with Crippen LogP contribution in [0, 0.1) is 0 Å². The van der Waals surface area contributed by atoms with Gasteiger partial charge in [-0.1, -0.05) is 6.07 Å². The summed E-state index contributed by atoms with van der Waals surface area (Å²) in [7, 11) is 0. The molecule has 0 aromatic carbocycles. The van der Waals surface area contributed by atoms with Gasteiger partial charge in [0.05, 0.1) is 17.4 Å². The summed E-state index contributed by atoms with van der Waals surface area (Å²) >= 11 is 0. The number of nitrogens with zero attached hydrogens (tertiary/aromatic N) is 4. The highest BCUT2D eigenvalue weighted by Crippen LogP contribution is 2.22. The zero-order valence-electron chi connectivity index (χ0n) is 11.1. The van der Waals surface area contributed by atoms with Gasteiger partial charge in [-0.2, -0.15) is 5.10 Å². The Morgan fingerprint density at radius 3 is 2.86 bits per heavy atom. The first-order valence-electron chi connectivity index (χ1n) is 6.54. The first-order valence-corrected chi connectivity index (χ1v) is 6.54. The van der Waals surface area contributed by atoms with Gasteiger partial charge in [0, 0.05) is 36.2 Å². The van der Waals surface area contributed by atoms with Gasteiger partial charge in [0.2, 0.25) is 0 Å². The van der Waals surface area contributed by atoms with E-state index in [1.807, 2.05) is 48.9 Å². The molecule has 21 heavy (non-hydrogen) atoms. The van der Waals surface area contributed by atoms with Gasteiger partial charge in [0.1, 0.15) is 11.6 Å². The fraction of sp³-hybridized carbons (Fsp3) is 0. The number of pyridine rings is 2. The predicted octanol–water partition coefficient (Wildman–Crippen LogP) is 2.89. The van der Waals surface area contributed by atoms with Crippen molar-refractivity contribution in [2.45, 2.75) is 0 Å². The molecular formula is C15H12N6. The minimum absolute atomic E-state index is 0.754. The highest BCUT2D eigenvalue weighted by molar-refractivity contribution is 5.83. The maximum atomic E-state index is 4.41. The van der Waals surface area contributed by atoms with Crippen molar-refractivity contribution in [1.29, 1.82) is 0 Å². The van der Waals surface area contributed by atoms with Crippen LogP contribution in [0.3, 0.4) is 0 Å². The van der Waals surface area contributed by atoms with Crippen LogP contribution in [0.25, 0.3) is 16.6 Å². The lowest BCUT2D eigenvalue weighted by molar-refractivity contribution is 1.09. The molecule has 4 aromatic rings. The fourth-order valence-corrected chi connectivity index (χ4v) is 2.26. The normalized spacial score (nSPS) is 10.9. The second-order valence-corrected chi connectivity index (χ2v) is 4.61. The number of nitrogens with one attached hydrogen (secondary N) is 2. The van der Waals surface area contributed by atoms with E-state index >= 15 is 0 Å². The summed E-state index contributed by atoms with van der Waals surface area (Å²) in [5.74, 6) is 1.52. The zero-order chi connectivity index (χ0) is 14.1. The molecule has 4 heterocycles. The number of rotatable bonds is 3. The molecule has 102 valence electrons. The summed E-state index contributed by atoms with van der Waals surface area (Å²) in [6.07, 6.45) is 9.23. The van der Waals surface area contributed by atoms with Crippen molar-refractivity contribution in [1.82, 2.24) is 24.7 Å². The Labute approximate surface area is 120 Å². The van der Waals surface area contributed by atoms with E-state index in [-0.39, 0.29) is 0 Å². The molecular weight excluding hydrogens is 264 g/mol. The standard InChI is InChI=1S/C15H12N6/c1-2-5-16-14(3-1)20-15-7-13-11(8-17-15)4-6-21(13)12-9-18-19-10-12/h1-10H,(H,18,19)(H,16,17,20). The van der Waals surface area contributed by atoms with Gasteiger partial charge in [0.15, 0.2) is 0 Å². The number of anilines is 2. The summed E-state index contributed by atoms with van der Waals surface area (Å²) in [4.78, 5) is 8.65. The summed E-state index contributed by atoms with van der Waals surface area (Å²) < 4.78 is 2.06. The molecule has 0 unspecified atom stereocenters. The Bertz CT molecular complexity index is 864. The van der Waals surface area contributed by atoms with Crippen molar-refractivity contribution in [2.24, 2.45) is 0 Å². The maximum Gasteiger partial charge on any atom is 0.133 e. The highest BCUT2D eigenvalue weighted by atomic mass is 15.1. The number of aromatic nitrogens is 5. The smallest absolute Gasteiger partial charge is 0.133 e. The third-order valence-electron chi connectivity index (χ3n) is 3.26. The van der Waals surface area contributed by atoms with E-state index in [4.69, 9.17) is 0 Å². The van der Waals surface area contributed by atoms with Gasteiger partial charge >= 0.3 is 0 Å². The van der Waals surface area contributed by atoms with Crippen molar-refractivity contribution in [3.63, 3.8) is 0 Å². The molecule has 6 nitrogen and oxygen atoms in total. The van der Waals surface area contributed by atoms with Gasteiger partial charge < -0.3 is 9.88 Å². The Hall–Kier alpha value is -3.15. The Morgan fingerprint density at radius 2 is 2.05 bits per heavy atom. The van der Waals surface area contributed by atoms with E-state index in [1.165, 1.54) is 0 Å². The lowest BCUT2D eigenvalue weighted by Crippen LogP contribution is -1.96.